The summed E-state index contributed by atoms with van der Waals surface area (Å²) in [6.45, 7) is 0. The fraction of sp³-hybridized carbons (Fsp3) is 0.0833. The lowest BCUT2D eigenvalue weighted by atomic mass is 10.3. The molecule has 0 atom stereocenters. The van der Waals surface area contributed by atoms with Crippen molar-refractivity contribution in [1.82, 2.24) is 9.55 Å². The Hall–Kier alpha value is -2.13. The van der Waals surface area contributed by atoms with Gasteiger partial charge in [0, 0.05) is 16.9 Å². The predicted molar refractivity (Wildman–Crippen MR) is 67.3 cm³/mol. The van der Waals surface area contributed by atoms with Crippen molar-refractivity contribution in [3.05, 3.63) is 46.5 Å². The van der Waals surface area contributed by atoms with E-state index in [2.05, 4.69) is 25.7 Å². The molecule has 0 spiro atoms. The van der Waals surface area contributed by atoms with Gasteiger partial charge in [0.2, 0.25) is 0 Å². The summed E-state index contributed by atoms with van der Waals surface area (Å²) in [6.07, 6.45) is 3.21. The normalized spacial score (nSPS) is 9.83. The number of methoxy groups -OCH3 is 1. The van der Waals surface area contributed by atoms with Gasteiger partial charge in [0.15, 0.2) is 5.69 Å². The molecule has 2 aromatic heterocycles. The molecule has 18 heavy (non-hydrogen) atoms. The van der Waals surface area contributed by atoms with E-state index in [1.54, 1.807) is 29.0 Å². The van der Waals surface area contributed by atoms with Crippen molar-refractivity contribution in [3.8, 4) is 11.8 Å². The molecule has 0 aliphatic carbocycles. The number of carbonyl (C=O) groups excluding carboxylic acids is 1. The third kappa shape index (κ3) is 2.13. The fourth-order valence-corrected chi connectivity index (χ4v) is 1.88. The Balaban J connectivity index is 2.63. The maximum atomic E-state index is 11.6. The maximum absolute atomic E-state index is 11.6. The lowest BCUT2D eigenvalue weighted by molar-refractivity contribution is 0.0591. The lowest BCUT2D eigenvalue weighted by Gasteiger charge is -2.09. The van der Waals surface area contributed by atoms with Gasteiger partial charge in [-0.1, -0.05) is 0 Å². The minimum atomic E-state index is -0.469. The van der Waals surface area contributed by atoms with Gasteiger partial charge in [-0.2, -0.15) is 5.26 Å². The molecular formula is C12H8BrN3O2. The zero-order valence-corrected chi connectivity index (χ0v) is 11.0. The van der Waals surface area contributed by atoms with E-state index in [9.17, 15) is 4.79 Å². The Labute approximate surface area is 112 Å². The van der Waals surface area contributed by atoms with Crippen molar-refractivity contribution in [2.45, 2.75) is 0 Å². The molecule has 0 N–H and O–H groups in total. The number of carbonyl (C=O) groups is 1. The molecule has 0 unspecified atom stereocenters. The number of esters is 1. The maximum Gasteiger partial charge on any atom is 0.355 e. The van der Waals surface area contributed by atoms with Crippen LogP contribution in [0.15, 0.2) is 35.1 Å². The van der Waals surface area contributed by atoms with Crippen LogP contribution in [0.2, 0.25) is 0 Å². The van der Waals surface area contributed by atoms with Crippen molar-refractivity contribution in [2.24, 2.45) is 0 Å². The summed E-state index contributed by atoms with van der Waals surface area (Å²) >= 11 is 3.29. The van der Waals surface area contributed by atoms with E-state index in [1.807, 2.05) is 6.07 Å². The van der Waals surface area contributed by atoms with Crippen molar-refractivity contribution in [3.63, 3.8) is 0 Å². The van der Waals surface area contributed by atoms with Crippen molar-refractivity contribution < 1.29 is 9.53 Å². The molecule has 5 nitrogen and oxygen atoms in total. The van der Waals surface area contributed by atoms with Crippen LogP contribution in [-0.2, 0) is 4.74 Å². The number of nitriles is 1. The molecule has 2 rings (SSSR count). The summed E-state index contributed by atoms with van der Waals surface area (Å²) in [4.78, 5) is 15.6. The predicted octanol–water partition coefficient (Wildman–Crippen LogP) is 2.29. The quantitative estimate of drug-likeness (QED) is 0.798. The molecule has 0 radical (unpaired) electrons. The fourth-order valence-electron chi connectivity index (χ4n) is 1.56. The van der Waals surface area contributed by atoms with Crippen molar-refractivity contribution >= 4 is 21.9 Å². The molecule has 2 heterocycles. The molecule has 6 heteroatoms. The van der Waals surface area contributed by atoms with E-state index in [0.29, 0.717) is 11.4 Å². The summed E-state index contributed by atoms with van der Waals surface area (Å²) in [6, 6.07) is 7.03. The van der Waals surface area contributed by atoms with Crippen LogP contribution in [0.3, 0.4) is 0 Å². The highest BCUT2D eigenvalue weighted by molar-refractivity contribution is 9.10. The van der Waals surface area contributed by atoms with Gasteiger partial charge in [0.25, 0.3) is 0 Å². The zero-order chi connectivity index (χ0) is 13.1. The number of aromatic nitrogens is 2. The smallest absolute Gasteiger partial charge is 0.355 e. The van der Waals surface area contributed by atoms with E-state index < -0.39 is 5.97 Å². The number of ether oxygens (including phenoxy) is 1. The van der Waals surface area contributed by atoms with E-state index in [-0.39, 0.29) is 5.69 Å². The zero-order valence-electron chi connectivity index (χ0n) is 9.42. The Morgan fingerprint density at radius 1 is 1.61 bits per heavy atom. The second-order valence-corrected chi connectivity index (χ2v) is 4.30. The van der Waals surface area contributed by atoms with E-state index >= 15 is 0 Å². The highest BCUT2D eigenvalue weighted by atomic mass is 79.9. The van der Waals surface area contributed by atoms with Crippen LogP contribution >= 0.6 is 15.9 Å². The Bertz CT molecular complexity index is 643. The second kappa shape index (κ2) is 5.02. The van der Waals surface area contributed by atoms with Gasteiger partial charge in [-0.3, -0.25) is 0 Å². The van der Waals surface area contributed by atoms with Crippen LogP contribution in [0.5, 0.6) is 0 Å². The average Bonchev–Trinajstić information content (AvgIpc) is 2.86. The number of hydrogen-bond acceptors (Lipinski definition) is 4. The number of nitrogens with zero attached hydrogens (tertiary/aromatic N) is 3. The van der Waals surface area contributed by atoms with Gasteiger partial charge in [-0.05, 0) is 34.1 Å². The van der Waals surface area contributed by atoms with Crippen LogP contribution < -0.4 is 0 Å². The number of rotatable bonds is 2. The summed E-state index contributed by atoms with van der Waals surface area (Å²) in [7, 11) is 1.31. The van der Waals surface area contributed by atoms with Gasteiger partial charge in [-0.15, -0.1) is 0 Å². The van der Waals surface area contributed by atoms with Crippen LogP contribution in [-0.4, -0.2) is 22.6 Å². The summed E-state index contributed by atoms with van der Waals surface area (Å²) in [5, 5.41) is 9.04. The third-order valence-electron chi connectivity index (χ3n) is 2.34. The first-order chi connectivity index (χ1) is 8.67. The summed E-state index contributed by atoms with van der Waals surface area (Å²) in [5.74, 6) is -0.469. The minimum absolute atomic E-state index is 0.236. The minimum Gasteiger partial charge on any atom is -0.464 e. The Kier molecular flexibility index (Phi) is 3.44. The molecule has 0 saturated carbocycles. The molecular weight excluding hydrogens is 298 g/mol. The molecule has 0 fully saturated rings. The first-order valence-electron chi connectivity index (χ1n) is 4.99. The monoisotopic (exact) mass is 305 g/mol. The lowest BCUT2D eigenvalue weighted by Crippen LogP contribution is -2.10. The topological polar surface area (TPSA) is 67.9 Å². The number of hydrogen-bond donors (Lipinski definition) is 0. The third-order valence-corrected chi connectivity index (χ3v) is 2.78. The van der Waals surface area contributed by atoms with Crippen molar-refractivity contribution in [1.29, 1.82) is 5.26 Å². The molecule has 90 valence electrons. The molecule has 0 amide bonds. The molecule has 0 aliphatic heterocycles. The summed E-state index contributed by atoms with van der Waals surface area (Å²) < 4.78 is 6.98. The Morgan fingerprint density at radius 3 is 3.06 bits per heavy atom. The van der Waals surface area contributed by atoms with E-state index in [0.717, 1.165) is 4.47 Å². The first-order valence-corrected chi connectivity index (χ1v) is 5.78. The van der Waals surface area contributed by atoms with Gasteiger partial charge in [0.1, 0.15) is 11.8 Å². The van der Waals surface area contributed by atoms with E-state index in [4.69, 9.17) is 5.26 Å². The van der Waals surface area contributed by atoms with Crippen LogP contribution in [0.1, 0.15) is 16.2 Å². The molecule has 0 aromatic carbocycles. The van der Waals surface area contributed by atoms with Crippen LogP contribution in [0, 0.1) is 11.3 Å². The Morgan fingerprint density at radius 2 is 2.39 bits per heavy atom. The SMILES string of the molecule is COC(=O)c1cccn1-c1cc(Br)cnc1C#N. The first kappa shape index (κ1) is 12.3. The molecule has 0 aliphatic rings. The summed E-state index contributed by atoms with van der Waals surface area (Å²) in [5.41, 5.74) is 1.10. The van der Waals surface area contributed by atoms with Crippen LogP contribution in [0.4, 0.5) is 0 Å². The largest absolute Gasteiger partial charge is 0.464 e. The van der Waals surface area contributed by atoms with Gasteiger partial charge in [-0.25, -0.2) is 9.78 Å². The highest BCUT2D eigenvalue weighted by Gasteiger charge is 2.15. The standard InChI is InChI=1S/C12H8BrN3O2/c1-18-12(17)10-3-2-4-16(10)11-5-8(13)7-15-9(11)6-14/h2-5,7H,1H3. The van der Waals surface area contributed by atoms with E-state index in [1.165, 1.54) is 13.3 Å². The van der Waals surface area contributed by atoms with Crippen molar-refractivity contribution in [2.75, 3.05) is 7.11 Å². The molecule has 0 bridgehead atoms. The van der Waals surface area contributed by atoms with Gasteiger partial charge < -0.3 is 9.30 Å². The van der Waals surface area contributed by atoms with Gasteiger partial charge in [0.05, 0.1) is 12.8 Å². The van der Waals surface area contributed by atoms with Gasteiger partial charge >= 0.3 is 5.97 Å². The number of pyridine rings is 1. The highest BCUT2D eigenvalue weighted by Crippen LogP contribution is 2.20. The molecule has 0 saturated heterocycles. The average molecular weight is 306 g/mol. The van der Waals surface area contributed by atoms with Crippen LogP contribution in [0.25, 0.3) is 5.69 Å². The number of halogens is 1. The second-order valence-electron chi connectivity index (χ2n) is 3.39. The molecule has 2 aromatic rings.